The van der Waals surface area contributed by atoms with Gasteiger partial charge in [0.05, 0.1) is 12.2 Å². The maximum atomic E-state index is 12.7. The topological polar surface area (TPSA) is 67.9 Å². The fourth-order valence-corrected chi connectivity index (χ4v) is 2.92. The zero-order valence-corrected chi connectivity index (χ0v) is 17.1. The fourth-order valence-electron chi connectivity index (χ4n) is 2.92. The molecule has 0 aliphatic carbocycles. The highest BCUT2D eigenvalue weighted by molar-refractivity contribution is 6.36. The Labute approximate surface area is 177 Å². The third-order valence-electron chi connectivity index (χ3n) is 4.35. The van der Waals surface area contributed by atoms with Crippen molar-refractivity contribution in [3.05, 3.63) is 59.8 Å². The third kappa shape index (κ3) is 5.36. The summed E-state index contributed by atoms with van der Waals surface area (Å²) in [6, 6.07) is 11.7. The van der Waals surface area contributed by atoms with E-state index in [0.717, 1.165) is 17.0 Å². The van der Waals surface area contributed by atoms with Crippen LogP contribution in [-0.2, 0) is 9.59 Å². The molecule has 1 heterocycles. The average molecular weight is 434 g/mol. The summed E-state index contributed by atoms with van der Waals surface area (Å²) >= 11 is 0. The number of nitrogens with zero attached hydrogens (tertiary/aromatic N) is 1. The SMILES string of the molecule is CC(C)COc1ccc(C2=C(Nc3cccc(OC(F)(F)F)c3)C(=O)N(C)C2=O)cc1. The van der Waals surface area contributed by atoms with E-state index in [-0.39, 0.29) is 17.0 Å². The van der Waals surface area contributed by atoms with Crippen LogP contribution in [0.2, 0.25) is 0 Å². The molecule has 2 amide bonds. The van der Waals surface area contributed by atoms with Crippen LogP contribution in [0.3, 0.4) is 0 Å². The number of ether oxygens (including phenoxy) is 2. The number of likely N-dealkylation sites (N-methyl/N-ethyl adjacent to an activating group) is 1. The van der Waals surface area contributed by atoms with Crippen LogP contribution >= 0.6 is 0 Å². The maximum Gasteiger partial charge on any atom is 0.573 e. The number of anilines is 1. The van der Waals surface area contributed by atoms with E-state index in [1.807, 2.05) is 13.8 Å². The van der Waals surface area contributed by atoms with Gasteiger partial charge in [-0.3, -0.25) is 14.5 Å². The van der Waals surface area contributed by atoms with Crippen LogP contribution in [0.4, 0.5) is 18.9 Å². The Kier molecular flexibility index (Phi) is 6.24. The Bertz CT molecular complexity index is 1010. The van der Waals surface area contributed by atoms with Gasteiger partial charge in [0, 0.05) is 18.8 Å². The first kappa shape index (κ1) is 22.2. The van der Waals surface area contributed by atoms with Gasteiger partial charge in [0.25, 0.3) is 11.8 Å². The predicted molar refractivity (Wildman–Crippen MR) is 108 cm³/mol. The number of hydrogen-bond acceptors (Lipinski definition) is 5. The zero-order chi connectivity index (χ0) is 22.8. The second-order valence-corrected chi connectivity index (χ2v) is 7.35. The minimum absolute atomic E-state index is 0.0347. The van der Waals surface area contributed by atoms with Crippen LogP contribution in [0.5, 0.6) is 11.5 Å². The molecule has 0 bridgehead atoms. The summed E-state index contributed by atoms with van der Waals surface area (Å²) in [4.78, 5) is 26.2. The summed E-state index contributed by atoms with van der Waals surface area (Å²) in [6.07, 6.45) is -4.85. The van der Waals surface area contributed by atoms with Crippen molar-refractivity contribution in [1.82, 2.24) is 4.90 Å². The predicted octanol–water partition coefficient (Wildman–Crippen LogP) is 4.44. The van der Waals surface area contributed by atoms with E-state index in [2.05, 4.69) is 10.1 Å². The lowest BCUT2D eigenvalue weighted by Gasteiger charge is -2.12. The maximum absolute atomic E-state index is 12.7. The number of rotatable bonds is 7. The highest BCUT2D eigenvalue weighted by Crippen LogP contribution is 2.32. The standard InChI is InChI=1S/C22H21F3N2O4/c1-13(2)12-30-16-9-7-14(8-10-16)18-19(21(29)27(3)20(18)28)26-15-5-4-6-17(11-15)31-22(23,24)25/h4-11,13,26H,12H2,1-3H3. The summed E-state index contributed by atoms with van der Waals surface area (Å²) < 4.78 is 47.0. The van der Waals surface area contributed by atoms with Crippen molar-refractivity contribution in [3.63, 3.8) is 0 Å². The average Bonchev–Trinajstić information content (AvgIpc) is 2.90. The molecule has 1 aliphatic heterocycles. The fraction of sp³-hybridized carbons (Fsp3) is 0.273. The molecule has 0 aromatic heterocycles. The molecule has 0 saturated carbocycles. The van der Waals surface area contributed by atoms with Crippen LogP contribution in [-0.4, -0.2) is 36.7 Å². The largest absolute Gasteiger partial charge is 0.573 e. The summed E-state index contributed by atoms with van der Waals surface area (Å²) in [5.41, 5.74) is 0.727. The van der Waals surface area contributed by atoms with Gasteiger partial charge in [0.15, 0.2) is 0 Å². The molecule has 0 spiro atoms. The molecule has 0 fully saturated rings. The van der Waals surface area contributed by atoms with Crippen molar-refractivity contribution in [2.24, 2.45) is 5.92 Å². The first-order valence-electron chi connectivity index (χ1n) is 9.48. The van der Waals surface area contributed by atoms with Crippen LogP contribution in [0.1, 0.15) is 19.4 Å². The molecule has 2 aromatic rings. The van der Waals surface area contributed by atoms with Crippen LogP contribution in [0.15, 0.2) is 54.2 Å². The molecule has 0 atom stereocenters. The summed E-state index contributed by atoms with van der Waals surface area (Å²) in [7, 11) is 1.34. The lowest BCUT2D eigenvalue weighted by Crippen LogP contribution is -2.27. The van der Waals surface area contributed by atoms with Gasteiger partial charge in [-0.2, -0.15) is 0 Å². The van der Waals surface area contributed by atoms with Gasteiger partial charge in [-0.15, -0.1) is 13.2 Å². The quantitative estimate of drug-likeness (QED) is 0.653. The first-order valence-corrected chi connectivity index (χ1v) is 9.48. The number of halogens is 3. The Morgan fingerprint density at radius 3 is 2.29 bits per heavy atom. The van der Waals surface area contributed by atoms with E-state index in [1.54, 1.807) is 24.3 Å². The normalized spacial score (nSPS) is 14.5. The van der Waals surface area contributed by atoms with Crippen molar-refractivity contribution in [2.45, 2.75) is 20.2 Å². The number of imide groups is 1. The minimum Gasteiger partial charge on any atom is -0.493 e. The number of alkyl halides is 3. The first-order chi connectivity index (χ1) is 14.5. The molecular formula is C22H21F3N2O4. The molecule has 1 N–H and O–H groups in total. The molecule has 164 valence electrons. The summed E-state index contributed by atoms with van der Waals surface area (Å²) in [5.74, 6) is -0.600. The Hall–Kier alpha value is -3.49. The molecule has 6 nitrogen and oxygen atoms in total. The molecule has 1 aliphatic rings. The van der Waals surface area contributed by atoms with Gasteiger partial charge >= 0.3 is 6.36 Å². The highest BCUT2D eigenvalue weighted by Gasteiger charge is 2.37. The Balaban J connectivity index is 1.91. The van der Waals surface area contributed by atoms with Gasteiger partial charge in [0.1, 0.15) is 17.2 Å². The van der Waals surface area contributed by atoms with E-state index >= 15 is 0 Å². The molecular weight excluding hydrogens is 413 g/mol. The smallest absolute Gasteiger partial charge is 0.493 e. The molecule has 0 unspecified atom stereocenters. The third-order valence-corrected chi connectivity index (χ3v) is 4.35. The van der Waals surface area contributed by atoms with Crippen molar-refractivity contribution >= 4 is 23.1 Å². The minimum atomic E-state index is -4.85. The molecule has 2 aromatic carbocycles. The van der Waals surface area contributed by atoms with Crippen LogP contribution in [0.25, 0.3) is 5.57 Å². The molecule has 0 saturated heterocycles. The van der Waals surface area contributed by atoms with Gasteiger partial charge in [-0.1, -0.05) is 32.0 Å². The van der Waals surface area contributed by atoms with Crippen molar-refractivity contribution in [3.8, 4) is 11.5 Å². The number of benzene rings is 2. The number of carbonyl (C=O) groups excluding carboxylic acids is 2. The zero-order valence-electron chi connectivity index (χ0n) is 17.1. The van der Waals surface area contributed by atoms with Crippen molar-refractivity contribution in [2.75, 3.05) is 19.0 Å². The summed E-state index contributed by atoms with van der Waals surface area (Å²) in [6.45, 7) is 4.57. The molecule has 3 rings (SSSR count). The van der Waals surface area contributed by atoms with E-state index in [0.29, 0.717) is 23.8 Å². The van der Waals surface area contributed by atoms with Gasteiger partial charge < -0.3 is 14.8 Å². The van der Waals surface area contributed by atoms with E-state index < -0.39 is 23.9 Å². The number of nitrogens with one attached hydrogen (secondary N) is 1. The molecule has 9 heteroatoms. The van der Waals surface area contributed by atoms with Gasteiger partial charge in [-0.05, 0) is 35.7 Å². The Morgan fingerprint density at radius 1 is 1.00 bits per heavy atom. The second-order valence-electron chi connectivity index (χ2n) is 7.35. The number of hydrogen-bond donors (Lipinski definition) is 1. The van der Waals surface area contributed by atoms with Crippen LogP contribution in [0, 0.1) is 5.92 Å². The lowest BCUT2D eigenvalue weighted by atomic mass is 10.0. The molecule has 0 radical (unpaired) electrons. The van der Waals surface area contributed by atoms with Crippen LogP contribution < -0.4 is 14.8 Å². The van der Waals surface area contributed by atoms with Gasteiger partial charge in [-0.25, -0.2) is 0 Å². The van der Waals surface area contributed by atoms with Crippen molar-refractivity contribution in [1.29, 1.82) is 0 Å². The number of amides is 2. The van der Waals surface area contributed by atoms with E-state index in [4.69, 9.17) is 4.74 Å². The number of carbonyl (C=O) groups is 2. The van der Waals surface area contributed by atoms with E-state index in [1.165, 1.54) is 19.2 Å². The van der Waals surface area contributed by atoms with Crippen molar-refractivity contribution < 1.29 is 32.2 Å². The van der Waals surface area contributed by atoms with Gasteiger partial charge in [0.2, 0.25) is 0 Å². The molecule has 31 heavy (non-hydrogen) atoms. The Morgan fingerprint density at radius 2 is 1.68 bits per heavy atom. The summed E-state index contributed by atoms with van der Waals surface area (Å²) in [5, 5.41) is 2.77. The second kappa shape index (κ2) is 8.71. The van der Waals surface area contributed by atoms with E-state index in [9.17, 15) is 22.8 Å². The highest BCUT2D eigenvalue weighted by atomic mass is 19.4. The monoisotopic (exact) mass is 434 g/mol. The lowest BCUT2D eigenvalue weighted by molar-refractivity contribution is -0.274.